The molecule has 26 heteroatoms. The number of likely N-dealkylation sites (N-methyl/N-ethyl adjacent to an activating group) is 1. The van der Waals surface area contributed by atoms with E-state index in [-0.39, 0.29) is 35.0 Å². The number of hydrogen-bond donors (Lipinski definition) is 6. The number of anilines is 12. The first kappa shape index (κ1) is 53.6. The number of aryl methyl sites for hydroxylation is 1. The second-order valence-corrected chi connectivity index (χ2v) is 16.7. The van der Waals surface area contributed by atoms with Gasteiger partial charge in [0.05, 0.1) is 26.6 Å². The predicted molar refractivity (Wildman–Crippen MR) is 279 cm³/mol. The number of nitrogens with one attached hydrogen (secondary N) is 6. The molecule has 3 amide bonds. The number of rotatable bonds is 16. The van der Waals surface area contributed by atoms with E-state index in [1.165, 1.54) is 38.4 Å². The van der Waals surface area contributed by atoms with Crippen LogP contribution in [0, 0.1) is 6.92 Å². The Morgan fingerprint density at radius 2 is 1.07 bits per heavy atom. The molecule has 0 aliphatic carbocycles. The van der Waals surface area contributed by atoms with Crippen molar-refractivity contribution in [3.63, 3.8) is 0 Å². The van der Waals surface area contributed by atoms with Crippen molar-refractivity contribution in [2.75, 3.05) is 115 Å². The van der Waals surface area contributed by atoms with Crippen LogP contribution < -0.4 is 51.2 Å². The average Bonchev–Trinajstić information content (AvgIpc) is 3.40. The van der Waals surface area contributed by atoms with Crippen LogP contribution in [0.3, 0.4) is 0 Å². The summed E-state index contributed by atoms with van der Waals surface area (Å²) < 4.78 is 52.1. The van der Waals surface area contributed by atoms with E-state index in [9.17, 15) is 27.6 Å². The van der Waals surface area contributed by atoms with Crippen molar-refractivity contribution in [3.8, 4) is 11.8 Å². The van der Waals surface area contributed by atoms with Gasteiger partial charge in [-0.15, -0.1) is 0 Å². The van der Waals surface area contributed by atoms with Crippen molar-refractivity contribution in [2.24, 2.45) is 0 Å². The van der Waals surface area contributed by atoms with E-state index in [0.717, 1.165) is 43.5 Å². The molecule has 2 fully saturated rings. The van der Waals surface area contributed by atoms with Crippen molar-refractivity contribution in [3.05, 3.63) is 110 Å². The number of halogens is 3. The molecule has 392 valence electrons. The molecule has 6 N–H and O–H groups in total. The van der Waals surface area contributed by atoms with Gasteiger partial charge in [-0.3, -0.25) is 14.4 Å². The number of carbonyl (C=O) groups excluding carboxylic acids is 3. The Morgan fingerprint density at radius 3 is 1.53 bits per heavy atom. The number of nitrogens with zero attached hydrogens (tertiary/aromatic N) is 12. The van der Waals surface area contributed by atoms with Crippen LogP contribution in [0.1, 0.15) is 18.1 Å². The number of piperazine rings is 2. The standard InChI is InChI=1S/C25H26F3N9O3.C24H29N9O2/c1-4-20(39)31-16-6-5-7-17(12-16)32-21-18(25(26,27)28)13-29-23(34-21)33-19-14-30-24(35-22(19)40-3)37-10-8-36(9-11-37)15(2)38;1-5-20(34)27-17-7-6-8-18(13-17)28-21-16(2)14-25-23(30-21)29-19-15-26-24(31-22(19)35-4)33-11-9-32(3)10-12-33/h4-7,12-14H,1,8-11H2,2-3H3,(H,31,39)(H2,29,32,33,34);5-8,13-15H,1,9-12H2,2-4H3,(H,27,34)(H2,25,28,29,30). The smallest absolute Gasteiger partial charge is 0.421 e. The van der Waals surface area contributed by atoms with Crippen LogP contribution in [0.5, 0.6) is 11.8 Å². The van der Waals surface area contributed by atoms with Gasteiger partial charge in [-0.25, -0.2) is 19.9 Å². The summed E-state index contributed by atoms with van der Waals surface area (Å²) in [7, 11) is 5.07. The molecular weight excluding hydrogens is 978 g/mol. The lowest BCUT2D eigenvalue weighted by Gasteiger charge is -2.34. The summed E-state index contributed by atoms with van der Waals surface area (Å²) >= 11 is 0. The number of methoxy groups -OCH3 is 2. The Labute approximate surface area is 429 Å². The lowest BCUT2D eigenvalue weighted by molar-refractivity contribution is -0.137. The zero-order valence-electron chi connectivity index (χ0n) is 41.7. The molecule has 2 aliphatic rings. The maximum atomic E-state index is 13.7. The minimum Gasteiger partial charge on any atom is -0.479 e. The van der Waals surface area contributed by atoms with Crippen LogP contribution in [-0.4, -0.2) is 141 Å². The third kappa shape index (κ3) is 14.5. The van der Waals surface area contributed by atoms with E-state index in [1.54, 1.807) is 42.6 Å². The molecule has 75 heavy (non-hydrogen) atoms. The quantitative estimate of drug-likeness (QED) is 0.0564. The van der Waals surface area contributed by atoms with Gasteiger partial charge in [0.1, 0.15) is 28.6 Å². The summed E-state index contributed by atoms with van der Waals surface area (Å²) in [6.07, 6.45) is 3.01. The van der Waals surface area contributed by atoms with Crippen molar-refractivity contribution >= 4 is 87.3 Å². The molecular formula is C49H55F3N18O5. The van der Waals surface area contributed by atoms with Gasteiger partial charge >= 0.3 is 6.18 Å². The highest BCUT2D eigenvalue weighted by Gasteiger charge is 2.36. The maximum Gasteiger partial charge on any atom is 0.421 e. The highest BCUT2D eigenvalue weighted by atomic mass is 19.4. The average molecular weight is 1030 g/mol. The summed E-state index contributed by atoms with van der Waals surface area (Å²) in [5.74, 6) is 1.10. The van der Waals surface area contributed by atoms with Gasteiger partial charge in [0.2, 0.25) is 53.3 Å². The SMILES string of the molecule is C=CC(=O)Nc1cccc(Nc2nc(Nc3cnc(N4CCN(C(C)=O)CC4)nc3OC)ncc2C(F)(F)F)c1.C=CC(=O)Nc1cccc(Nc2nc(Nc3cnc(N4CCN(C)CC4)nc3OC)ncc2C)c1. The monoisotopic (exact) mass is 1030 g/mol. The van der Waals surface area contributed by atoms with Crippen molar-refractivity contribution < 1.29 is 37.0 Å². The molecule has 8 rings (SSSR count). The van der Waals surface area contributed by atoms with Crippen LogP contribution in [-0.2, 0) is 20.6 Å². The molecule has 0 unspecified atom stereocenters. The Bertz CT molecular complexity index is 3020. The molecule has 0 atom stereocenters. The highest BCUT2D eigenvalue weighted by Crippen LogP contribution is 2.36. The number of alkyl halides is 3. The number of benzene rings is 2. The largest absolute Gasteiger partial charge is 0.479 e. The summed E-state index contributed by atoms with van der Waals surface area (Å²) in [4.78, 5) is 77.5. The normalized spacial score (nSPS) is 13.6. The van der Waals surface area contributed by atoms with Gasteiger partial charge < -0.3 is 61.0 Å². The second-order valence-electron chi connectivity index (χ2n) is 16.7. The summed E-state index contributed by atoms with van der Waals surface area (Å²) in [5.41, 5.74) is 2.55. The van der Waals surface area contributed by atoms with Crippen LogP contribution >= 0.6 is 0 Å². The summed E-state index contributed by atoms with van der Waals surface area (Å²) in [6, 6.07) is 13.4. The first-order valence-electron chi connectivity index (χ1n) is 23.2. The molecule has 0 radical (unpaired) electrons. The topological polar surface area (TPSA) is 258 Å². The molecule has 2 saturated heterocycles. The van der Waals surface area contributed by atoms with Gasteiger partial charge in [-0.2, -0.15) is 33.1 Å². The number of carbonyl (C=O) groups is 3. The van der Waals surface area contributed by atoms with Crippen LogP contribution in [0.4, 0.5) is 82.7 Å². The van der Waals surface area contributed by atoms with E-state index in [0.29, 0.717) is 79.0 Å². The third-order valence-electron chi connectivity index (χ3n) is 11.4. The first-order valence-corrected chi connectivity index (χ1v) is 23.2. The van der Waals surface area contributed by atoms with Crippen LogP contribution in [0.25, 0.3) is 0 Å². The van der Waals surface area contributed by atoms with E-state index >= 15 is 0 Å². The van der Waals surface area contributed by atoms with Gasteiger partial charge in [0, 0.05) is 100.0 Å². The number of aromatic nitrogens is 8. The summed E-state index contributed by atoms with van der Waals surface area (Å²) in [6.45, 7) is 16.0. The minimum atomic E-state index is -4.75. The number of ether oxygens (including phenoxy) is 2. The van der Waals surface area contributed by atoms with E-state index in [4.69, 9.17) is 9.47 Å². The molecule has 6 heterocycles. The zero-order valence-corrected chi connectivity index (χ0v) is 41.7. The maximum absolute atomic E-state index is 13.7. The van der Waals surface area contributed by atoms with Crippen molar-refractivity contribution in [2.45, 2.75) is 20.0 Å². The van der Waals surface area contributed by atoms with Crippen LogP contribution in [0.15, 0.2) is 98.6 Å². The lowest BCUT2D eigenvalue weighted by Crippen LogP contribution is -2.48. The molecule has 4 aromatic heterocycles. The minimum absolute atomic E-state index is 0.00438. The fourth-order valence-corrected chi connectivity index (χ4v) is 7.35. The van der Waals surface area contributed by atoms with Crippen molar-refractivity contribution in [1.29, 1.82) is 0 Å². The second kappa shape index (κ2) is 24.5. The molecule has 0 saturated carbocycles. The molecule has 2 aliphatic heterocycles. The fourth-order valence-electron chi connectivity index (χ4n) is 7.35. The zero-order chi connectivity index (χ0) is 53.6. The lowest BCUT2D eigenvalue weighted by atomic mass is 10.2. The van der Waals surface area contributed by atoms with Crippen molar-refractivity contribution in [1.82, 2.24) is 49.7 Å². The molecule has 23 nitrogen and oxygen atoms in total. The number of amides is 3. The summed E-state index contributed by atoms with van der Waals surface area (Å²) in [5, 5.41) is 17.2. The van der Waals surface area contributed by atoms with Crippen LogP contribution in [0.2, 0.25) is 0 Å². The highest BCUT2D eigenvalue weighted by molar-refractivity contribution is 5.99. The van der Waals surface area contributed by atoms with E-state index in [2.05, 4.69) is 102 Å². The third-order valence-corrected chi connectivity index (χ3v) is 11.4. The first-order chi connectivity index (χ1) is 36.0. The Morgan fingerprint density at radius 1 is 0.613 bits per heavy atom. The molecule has 0 spiro atoms. The van der Waals surface area contributed by atoms with Gasteiger partial charge in [0.15, 0.2) is 0 Å². The number of hydrogen-bond acceptors (Lipinski definition) is 20. The Hall–Kier alpha value is -9.20. The molecule has 6 aromatic rings. The predicted octanol–water partition coefficient (Wildman–Crippen LogP) is 6.52. The van der Waals surface area contributed by atoms with Gasteiger partial charge in [0.25, 0.3) is 0 Å². The van der Waals surface area contributed by atoms with E-state index in [1.807, 2.05) is 30.0 Å². The van der Waals surface area contributed by atoms with Gasteiger partial charge in [-0.1, -0.05) is 25.3 Å². The Kier molecular flexibility index (Phi) is 17.5. The fraction of sp³-hybridized carbons (Fsp3) is 0.286. The molecule has 2 aromatic carbocycles. The van der Waals surface area contributed by atoms with Gasteiger partial charge in [-0.05, 0) is 62.5 Å². The molecule has 0 bridgehead atoms. The Balaban J connectivity index is 0.000000221. The van der Waals surface area contributed by atoms with E-state index < -0.39 is 23.5 Å².